The second kappa shape index (κ2) is 8.27. The molecule has 0 aromatic heterocycles. The maximum absolute atomic E-state index is 11.5. The highest BCUT2D eigenvalue weighted by Crippen LogP contribution is 2.27. The zero-order valence-electron chi connectivity index (χ0n) is 12.5. The van der Waals surface area contributed by atoms with Crippen LogP contribution in [0, 0.1) is 0 Å². The van der Waals surface area contributed by atoms with E-state index in [4.69, 9.17) is 4.74 Å². The predicted octanol–water partition coefficient (Wildman–Crippen LogP) is 3.02. The Labute approximate surface area is 129 Å². The fourth-order valence-electron chi connectivity index (χ4n) is 1.87. The van der Waals surface area contributed by atoms with E-state index in [9.17, 15) is 4.79 Å². The molecule has 2 N–H and O–H groups in total. The average molecular weight is 343 g/mol. The van der Waals surface area contributed by atoms with Crippen molar-refractivity contribution in [2.24, 2.45) is 0 Å². The van der Waals surface area contributed by atoms with E-state index in [-0.39, 0.29) is 18.0 Å². The number of benzene rings is 1. The quantitative estimate of drug-likeness (QED) is 0.800. The van der Waals surface area contributed by atoms with Crippen LogP contribution in [0.5, 0.6) is 5.75 Å². The molecule has 4 nitrogen and oxygen atoms in total. The van der Waals surface area contributed by atoms with E-state index in [2.05, 4.69) is 33.5 Å². The molecule has 1 rings (SSSR count). The van der Waals surface area contributed by atoms with Gasteiger partial charge in [0.1, 0.15) is 5.75 Å². The van der Waals surface area contributed by atoms with Gasteiger partial charge in [0.2, 0.25) is 5.91 Å². The predicted molar refractivity (Wildman–Crippen MR) is 85.0 cm³/mol. The maximum atomic E-state index is 11.5. The number of halogens is 1. The summed E-state index contributed by atoms with van der Waals surface area (Å²) in [7, 11) is 1.65. The molecule has 1 amide bonds. The molecule has 0 saturated heterocycles. The van der Waals surface area contributed by atoms with Crippen LogP contribution in [-0.2, 0) is 4.79 Å². The van der Waals surface area contributed by atoms with Crippen LogP contribution in [0.1, 0.15) is 38.8 Å². The third kappa shape index (κ3) is 5.51. The highest BCUT2D eigenvalue weighted by Gasteiger charge is 2.09. The van der Waals surface area contributed by atoms with Gasteiger partial charge >= 0.3 is 0 Å². The summed E-state index contributed by atoms with van der Waals surface area (Å²) < 4.78 is 6.14. The van der Waals surface area contributed by atoms with Crippen LogP contribution in [0.2, 0.25) is 0 Å². The first-order chi connectivity index (χ1) is 9.43. The molecule has 0 aliphatic rings. The van der Waals surface area contributed by atoms with Crippen molar-refractivity contribution in [3.8, 4) is 5.75 Å². The highest BCUT2D eigenvalue weighted by molar-refractivity contribution is 9.10. The first-order valence-electron chi connectivity index (χ1n) is 6.80. The van der Waals surface area contributed by atoms with Crippen molar-refractivity contribution in [3.63, 3.8) is 0 Å². The van der Waals surface area contributed by atoms with Crippen molar-refractivity contribution in [1.82, 2.24) is 10.6 Å². The molecular weight excluding hydrogens is 320 g/mol. The van der Waals surface area contributed by atoms with Crippen LogP contribution >= 0.6 is 15.9 Å². The summed E-state index contributed by atoms with van der Waals surface area (Å²) in [6.45, 7) is 6.66. The zero-order chi connectivity index (χ0) is 15.1. The van der Waals surface area contributed by atoms with Gasteiger partial charge in [0.05, 0.1) is 11.6 Å². The van der Waals surface area contributed by atoms with E-state index in [1.54, 1.807) is 7.11 Å². The summed E-state index contributed by atoms with van der Waals surface area (Å²) in [5, 5.41) is 6.22. The van der Waals surface area contributed by atoms with Crippen molar-refractivity contribution in [2.75, 3.05) is 13.7 Å². The third-order valence-corrected chi connectivity index (χ3v) is 3.55. The topological polar surface area (TPSA) is 50.4 Å². The van der Waals surface area contributed by atoms with E-state index in [1.165, 1.54) is 0 Å². The van der Waals surface area contributed by atoms with Gasteiger partial charge in [-0.1, -0.05) is 6.07 Å². The Morgan fingerprint density at radius 3 is 2.60 bits per heavy atom. The van der Waals surface area contributed by atoms with Crippen LogP contribution in [0.3, 0.4) is 0 Å². The molecule has 0 aliphatic heterocycles. The van der Waals surface area contributed by atoms with Crippen molar-refractivity contribution in [2.45, 2.75) is 39.3 Å². The smallest absolute Gasteiger partial charge is 0.221 e. The second-order valence-electron chi connectivity index (χ2n) is 5.04. The van der Waals surface area contributed by atoms with E-state index >= 15 is 0 Å². The summed E-state index contributed by atoms with van der Waals surface area (Å²) in [6, 6.07) is 6.37. The monoisotopic (exact) mass is 342 g/mol. The van der Waals surface area contributed by atoms with Crippen molar-refractivity contribution >= 4 is 21.8 Å². The number of nitrogens with one attached hydrogen (secondary N) is 2. The summed E-state index contributed by atoms with van der Waals surface area (Å²) in [4.78, 5) is 11.5. The Kier molecular flexibility index (Phi) is 7.02. The minimum absolute atomic E-state index is 0.0793. The maximum Gasteiger partial charge on any atom is 0.221 e. The van der Waals surface area contributed by atoms with Crippen LogP contribution in [-0.4, -0.2) is 25.6 Å². The molecule has 1 unspecified atom stereocenters. The largest absolute Gasteiger partial charge is 0.496 e. The number of methoxy groups -OCH3 is 1. The Bertz CT molecular complexity index is 449. The number of hydrogen-bond acceptors (Lipinski definition) is 3. The number of rotatable bonds is 7. The number of carbonyl (C=O) groups excluding carboxylic acids is 1. The van der Waals surface area contributed by atoms with Gasteiger partial charge in [0.25, 0.3) is 0 Å². The minimum atomic E-state index is 0.0793. The fourth-order valence-corrected chi connectivity index (χ4v) is 2.42. The van der Waals surface area contributed by atoms with Crippen LogP contribution < -0.4 is 15.4 Å². The van der Waals surface area contributed by atoms with Gasteiger partial charge in [0.15, 0.2) is 0 Å². The molecule has 0 radical (unpaired) electrons. The SMILES string of the molecule is COc1ccc(C(C)NCCC(=O)NC(C)C)cc1Br. The molecule has 0 bridgehead atoms. The normalized spacial score (nSPS) is 12.3. The molecule has 0 heterocycles. The van der Waals surface area contributed by atoms with Gasteiger partial charge < -0.3 is 15.4 Å². The van der Waals surface area contributed by atoms with E-state index in [0.717, 1.165) is 15.8 Å². The molecule has 20 heavy (non-hydrogen) atoms. The first kappa shape index (κ1) is 17.0. The summed E-state index contributed by atoms with van der Waals surface area (Å²) in [5.41, 5.74) is 1.15. The molecular formula is C15H23BrN2O2. The van der Waals surface area contributed by atoms with Gasteiger partial charge in [-0.25, -0.2) is 0 Å². The zero-order valence-corrected chi connectivity index (χ0v) is 14.1. The summed E-state index contributed by atoms with van der Waals surface area (Å²) in [6.07, 6.45) is 0.486. The van der Waals surface area contributed by atoms with Crippen LogP contribution in [0.4, 0.5) is 0 Å². The third-order valence-electron chi connectivity index (χ3n) is 2.93. The lowest BCUT2D eigenvalue weighted by Crippen LogP contribution is -2.33. The van der Waals surface area contributed by atoms with Crippen molar-refractivity contribution < 1.29 is 9.53 Å². The number of ether oxygens (including phenoxy) is 1. The highest BCUT2D eigenvalue weighted by atomic mass is 79.9. The van der Waals surface area contributed by atoms with Gasteiger partial charge in [-0.2, -0.15) is 0 Å². The number of carbonyl (C=O) groups is 1. The van der Waals surface area contributed by atoms with Crippen molar-refractivity contribution in [3.05, 3.63) is 28.2 Å². The molecule has 0 fully saturated rings. The minimum Gasteiger partial charge on any atom is -0.496 e. The molecule has 1 aromatic carbocycles. The average Bonchev–Trinajstić information content (AvgIpc) is 2.37. The Morgan fingerprint density at radius 1 is 1.35 bits per heavy atom. The molecule has 0 spiro atoms. The van der Waals surface area contributed by atoms with Gasteiger partial charge in [-0.05, 0) is 54.4 Å². The van der Waals surface area contributed by atoms with Crippen LogP contribution in [0.25, 0.3) is 0 Å². The standard InChI is InChI=1S/C15H23BrN2O2/c1-10(2)18-15(19)7-8-17-11(3)12-5-6-14(20-4)13(16)9-12/h5-6,9-11,17H,7-8H2,1-4H3,(H,18,19). The van der Waals surface area contributed by atoms with Crippen LogP contribution in [0.15, 0.2) is 22.7 Å². The lowest BCUT2D eigenvalue weighted by molar-refractivity contribution is -0.121. The van der Waals surface area contributed by atoms with E-state index < -0.39 is 0 Å². The first-order valence-corrected chi connectivity index (χ1v) is 7.59. The number of hydrogen-bond donors (Lipinski definition) is 2. The number of amides is 1. The molecule has 0 aliphatic carbocycles. The molecule has 5 heteroatoms. The lowest BCUT2D eigenvalue weighted by Gasteiger charge is -2.16. The summed E-state index contributed by atoms with van der Waals surface area (Å²) >= 11 is 3.48. The van der Waals surface area contributed by atoms with E-state index in [1.807, 2.05) is 32.0 Å². The molecule has 112 valence electrons. The molecule has 1 atom stereocenters. The van der Waals surface area contributed by atoms with Gasteiger partial charge in [-0.3, -0.25) is 4.79 Å². The Balaban J connectivity index is 2.45. The fraction of sp³-hybridized carbons (Fsp3) is 0.533. The second-order valence-corrected chi connectivity index (χ2v) is 5.90. The van der Waals surface area contributed by atoms with Gasteiger partial charge in [-0.15, -0.1) is 0 Å². The van der Waals surface area contributed by atoms with E-state index in [0.29, 0.717) is 13.0 Å². The van der Waals surface area contributed by atoms with Gasteiger partial charge in [0, 0.05) is 25.0 Å². The molecule has 0 saturated carbocycles. The Morgan fingerprint density at radius 2 is 2.05 bits per heavy atom. The Hall–Kier alpha value is -1.07. The van der Waals surface area contributed by atoms with Crippen molar-refractivity contribution in [1.29, 1.82) is 0 Å². The lowest BCUT2D eigenvalue weighted by atomic mass is 10.1. The molecule has 1 aromatic rings. The summed E-state index contributed by atoms with van der Waals surface area (Å²) in [5.74, 6) is 0.896.